The van der Waals surface area contributed by atoms with Crippen LogP contribution in [-0.4, -0.2) is 14.8 Å². The fourth-order valence-corrected chi connectivity index (χ4v) is 2.70. The van der Waals surface area contributed by atoms with Gasteiger partial charge in [0.1, 0.15) is 12.2 Å². The van der Waals surface area contributed by atoms with Crippen LogP contribution in [0, 0.1) is 3.57 Å². The van der Waals surface area contributed by atoms with Crippen molar-refractivity contribution in [2.45, 2.75) is 19.5 Å². The summed E-state index contributed by atoms with van der Waals surface area (Å²) in [6, 6.07) is 5.82. The lowest BCUT2D eigenvalue weighted by Gasteiger charge is -2.14. The SMILES string of the molecule is CCn1ncnc1C(N)c1cc(Br)ccc1I. The third-order valence-electron chi connectivity index (χ3n) is 2.52. The topological polar surface area (TPSA) is 56.7 Å². The molecule has 1 aromatic carbocycles. The van der Waals surface area contributed by atoms with Gasteiger partial charge in [-0.05, 0) is 53.3 Å². The van der Waals surface area contributed by atoms with Crippen molar-refractivity contribution in [1.29, 1.82) is 0 Å². The molecule has 1 atom stereocenters. The summed E-state index contributed by atoms with van der Waals surface area (Å²) in [5, 5.41) is 4.14. The van der Waals surface area contributed by atoms with E-state index in [1.165, 1.54) is 0 Å². The van der Waals surface area contributed by atoms with E-state index in [0.29, 0.717) is 0 Å². The molecule has 0 bridgehead atoms. The minimum absolute atomic E-state index is 0.248. The molecular formula is C11H12BrIN4. The van der Waals surface area contributed by atoms with Gasteiger partial charge in [-0.25, -0.2) is 9.67 Å². The molecule has 4 nitrogen and oxygen atoms in total. The molecule has 0 radical (unpaired) electrons. The molecule has 2 rings (SSSR count). The Hall–Kier alpha value is -0.470. The van der Waals surface area contributed by atoms with Gasteiger partial charge in [-0.1, -0.05) is 15.9 Å². The average Bonchev–Trinajstić information content (AvgIpc) is 2.79. The van der Waals surface area contributed by atoms with E-state index >= 15 is 0 Å². The van der Waals surface area contributed by atoms with Crippen LogP contribution >= 0.6 is 38.5 Å². The number of aromatic nitrogens is 3. The van der Waals surface area contributed by atoms with Crippen molar-refractivity contribution in [1.82, 2.24) is 14.8 Å². The number of benzene rings is 1. The van der Waals surface area contributed by atoms with E-state index in [1.807, 2.05) is 29.8 Å². The molecule has 0 amide bonds. The van der Waals surface area contributed by atoms with E-state index < -0.39 is 0 Å². The van der Waals surface area contributed by atoms with Crippen molar-refractivity contribution >= 4 is 38.5 Å². The second kappa shape index (κ2) is 5.45. The monoisotopic (exact) mass is 406 g/mol. The number of hydrogen-bond acceptors (Lipinski definition) is 3. The van der Waals surface area contributed by atoms with Gasteiger partial charge in [0.25, 0.3) is 0 Å². The van der Waals surface area contributed by atoms with Gasteiger partial charge in [0.15, 0.2) is 0 Å². The van der Waals surface area contributed by atoms with Gasteiger partial charge >= 0.3 is 0 Å². The Morgan fingerprint density at radius 1 is 1.53 bits per heavy atom. The molecule has 0 spiro atoms. The van der Waals surface area contributed by atoms with Crippen molar-refractivity contribution in [2.24, 2.45) is 5.73 Å². The highest BCUT2D eigenvalue weighted by Crippen LogP contribution is 2.26. The maximum atomic E-state index is 6.26. The molecule has 0 saturated heterocycles. The third kappa shape index (κ3) is 2.69. The molecule has 2 aromatic rings. The molecule has 1 aromatic heterocycles. The highest BCUT2D eigenvalue weighted by Gasteiger charge is 2.17. The standard InChI is InChI=1S/C11H12BrIN4/c1-2-17-11(15-6-16-17)10(14)8-5-7(12)3-4-9(8)13/h3-6,10H,2,14H2,1H3. The first-order valence-electron chi connectivity index (χ1n) is 5.21. The van der Waals surface area contributed by atoms with Crippen molar-refractivity contribution in [3.63, 3.8) is 0 Å². The molecule has 1 unspecified atom stereocenters. The molecule has 17 heavy (non-hydrogen) atoms. The predicted octanol–water partition coefficient (Wildman–Crippen LogP) is 2.71. The molecule has 90 valence electrons. The number of nitrogens with two attached hydrogens (primary N) is 1. The Labute approximate surface area is 122 Å². The smallest absolute Gasteiger partial charge is 0.148 e. The fraction of sp³-hybridized carbons (Fsp3) is 0.273. The number of rotatable bonds is 3. The Kier molecular flexibility index (Phi) is 4.16. The van der Waals surface area contributed by atoms with E-state index in [2.05, 4.69) is 48.6 Å². The highest BCUT2D eigenvalue weighted by atomic mass is 127. The van der Waals surface area contributed by atoms with Crippen LogP contribution in [0.25, 0.3) is 0 Å². The predicted molar refractivity (Wildman–Crippen MR) is 78.6 cm³/mol. The molecule has 0 saturated carbocycles. The molecule has 0 aliphatic carbocycles. The summed E-state index contributed by atoms with van der Waals surface area (Å²) in [5.41, 5.74) is 7.32. The lowest BCUT2D eigenvalue weighted by atomic mass is 10.1. The van der Waals surface area contributed by atoms with Gasteiger partial charge in [0, 0.05) is 14.6 Å². The molecule has 0 fully saturated rings. The first-order valence-corrected chi connectivity index (χ1v) is 7.09. The van der Waals surface area contributed by atoms with Crippen LogP contribution in [0.3, 0.4) is 0 Å². The zero-order chi connectivity index (χ0) is 12.4. The fourth-order valence-electron chi connectivity index (χ4n) is 1.65. The quantitative estimate of drug-likeness (QED) is 0.797. The largest absolute Gasteiger partial charge is 0.318 e. The lowest BCUT2D eigenvalue weighted by molar-refractivity contribution is 0.591. The van der Waals surface area contributed by atoms with Crippen LogP contribution < -0.4 is 5.73 Å². The summed E-state index contributed by atoms with van der Waals surface area (Å²) in [7, 11) is 0. The maximum absolute atomic E-state index is 6.26. The Morgan fingerprint density at radius 2 is 2.29 bits per heavy atom. The Bertz CT molecular complexity index is 526. The first kappa shape index (κ1) is 13.0. The van der Waals surface area contributed by atoms with Gasteiger partial charge in [-0.2, -0.15) is 5.10 Å². The van der Waals surface area contributed by atoms with E-state index in [9.17, 15) is 0 Å². The maximum Gasteiger partial charge on any atom is 0.148 e. The van der Waals surface area contributed by atoms with Crippen LogP contribution in [0.5, 0.6) is 0 Å². The summed E-state index contributed by atoms with van der Waals surface area (Å²) in [5.74, 6) is 0.795. The van der Waals surface area contributed by atoms with Crippen LogP contribution in [0.2, 0.25) is 0 Å². The van der Waals surface area contributed by atoms with Gasteiger partial charge in [0.2, 0.25) is 0 Å². The van der Waals surface area contributed by atoms with Gasteiger partial charge in [0.05, 0.1) is 6.04 Å². The molecule has 2 N–H and O–H groups in total. The van der Waals surface area contributed by atoms with Crippen LogP contribution in [-0.2, 0) is 6.54 Å². The second-order valence-electron chi connectivity index (χ2n) is 3.58. The first-order chi connectivity index (χ1) is 8.13. The number of nitrogens with zero attached hydrogens (tertiary/aromatic N) is 3. The van der Waals surface area contributed by atoms with Crippen molar-refractivity contribution in [3.05, 3.63) is 44.0 Å². The average molecular weight is 407 g/mol. The normalized spacial score (nSPS) is 12.7. The molecule has 6 heteroatoms. The van der Waals surface area contributed by atoms with Crippen molar-refractivity contribution in [2.75, 3.05) is 0 Å². The van der Waals surface area contributed by atoms with E-state index in [4.69, 9.17) is 5.73 Å². The number of hydrogen-bond donors (Lipinski definition) is 1. The van der Waals surface area contributed by atoms with Crippen LogP contribution in [0.15, 0.2) is 29.0 Å². The van der Waals surface area contributed by atoms with Crippen molar-refractivity contribution < 1.29 is 0 Å². The zero-order valence-corrected chi connectivity index (χ0v) is 13.0. The van der Waals surface area contributed by atoms with Crippen LogP contribution in [0.4, 0.5) is 0 Å². The molecule has 0 aliphatic heterocycles. The Morgan fingerprint density at radius 3 is 3.00 bits per heavy atom. The summed E-state index contributed by atoms with van der Waals surface area (Å²) >= 11 is 5.74. The summed E-state index contributed by atoms with van der Waals surface area (Å²) in [6.45, 7) is 2.80. The second-order valence-corrected chi connectivity index (χ2v) is 5.66. The van der Waals surface area contributed by atoms with Gasteiger partial charge in [-0.15, -0.1) is 0 Å². The van der Waals surface area contributed by atoms with E-state index in [-0.39, 0.29) is 6.04 Å². The minimum Gasteiger partial charge on any atom is -0.318 e. The number of halogens is 2. The van der Waals surface area contributed by atoms with Gasteiger partial charge in [-0.3, -0.25) is 0 Å². The minimum atomic E-state index is -0.248. The molecule has 1 heterocycles. The van der Waals surface area contributed by atoms with Crippen molar-refractivity contribution in [3.8, 4) is 0 Å². The van der Waals surface area contributed by atoms with Crippen LogP contribution in [0.1, 0.15) is 24.4 Å². The van der Waals surface area contributed by atoms with E-state index in [0.717, 1.165) is 26.0 Å². The van der Waals surface area contributed by atoms with E-state index in [1.54, 1.807) is 6.33 Å². The zero-order valence-electron chi connectivity index (χ0n) is 9.27. The molecular weight excluding hydrogens is 395 g/mol. The summed E-state index contributed by atoms with van der Waals surface area (Å²) in [6.07, 6.45) is 1.55. The molecule has 0 aliphatic rings. The van der Waals surface area contributed by atoms with Gasteiger partial charge < -0.3 is 5.73 Å². The number of aryl methyl sites for hydroxylation is 1. The third-order valence-corrected chi connectivity index (χ3v) is 3.99. The lowest BCUT2D eigenvalue weighted by Crippen LogP contribution is -2.19. The summed E-state index contributed by atoms with van der Waals surface area (Å²) in [4.78, 5) is 4.24. The Balaban J connectivity index is 2.43. The summed E-state index contributed by atoms with van der Waals surface area (Å²) < 4.78 is 3.97. The highest BCUT2D eigenvalue weighted by molar-refractivity contribution is 14.1.